The third-order valence-electron chi connectivity index (χ3n) is 10.4. The maximum atomic E-state index is 14.6. The average molecular weight is 784 g/mol. The fraction of sp³-hybridized carbons (Fsp3) is 0.351. The Kier molecular flexibility index (Phi) is 10.8. The van der Waals surface area contributed by atoms with Crippen LogP contribution in [0.25, 0.3) is 16.6 Å². The summed E-state index contributed by atoms with van der Waals surface area (Å²) in [6.45, 7) is 8.38. The fourth-order valence-electron chi connectivity index (χ4n) is 7.46. The molecular weight excluding hydrogens is 742 g/mol. The number of para-hydroxylation sites is 1. The molecule has 274 valence electrons. The smallest absolute Gasteiger partial charge is 0.414 e. The van der Waals surface area contributed by atoms with Crippen molar-refractivity contribution < 1.29 is 33.7 Å². The van der Waals surface area contributed by atoms with E-state index in [9.17, 15) is 24.3 Å². The van der Waals surface area contributed by atoms with Crippen LogP contribution in [0.4, 0.5) is 10.2 Å². The molecule has 3 heterocycles. The number of carbonyl (C=O) groups excluding carboxylic acids is 1. The van der Waals surface area contributed by atoms with Crippen LogP contribution in [0.5, 0.6) is 17.2 Å². The van der Waals surface area contributed by atoms with Crippen molar-refractivity contribution >= 4 is 59.6 Å². The summed E-state index contributed by atoms with van der Waals surface area (Å²) in [5.41, 5.74) is 2.07. The lowest BCUT2D eigenvalue weighted by Crippen LogP contribution is -2.48. The predicted octanol–water partition coefficient (Wildman–Crippen LogP) is 6.44. The molecule has 3 aromatic carbocycles. The largest absolute Gasteiger partial charge is 0.489 e. The Morgan fingerprint density at radius 1 is 0.943 bits per heavy atom. The number of benzene rings is 3. The van der Waals surface area contributed by atoms with Crippen molar-refractivity contribution in [3.63, 3.8) is 0 Å². The van der Waals surface area contributed by atoms with Crippen molar-refractivity contribution in [2.24, 2.45) is 0 Å². The number of ether oxygens (including phenoxy) is 2. The summed E-state index contributed by atoms with van der Waals surface area (Å²) < 4.78 is 31.7. The molecule has 5 aromatic rings. The zero-order valence-electron chi connectivity index (χ0n) is 30.2. The van der Waals surface area contributed by atoms with Gasteiger partial charge in [-0.3, -0.25) is 4.79 Å². The van der Waals surface area contributed by atoms with Crippen LogP contribution in [0, 0.1) is 12.7 Å². The zero-order valence-corrected chi connectivity index (χ0v) is 31.8. The molecule has 1 saturated carbocycles. The molecule has 0 bridgehead atoms. The number of hydrogen-bond acceptors (Lipinski definition) is 9. The molecule has 0 radical (unpaired) electrons. The van der Waals surface area contributed by atoms with E-state index in [1.807, 2.05) is 12.1 Å². The van der Waals surface area contributed by atoms with Gasteiger partial charge in [-0.1, -0.05) is 18.6 Å². The van der Waals surface area contributed by atoms with Gasteiger partial charge in [0.05, 0.1) is 27.6 Å². The van der Waals surface area contributed by atoms with E-state index in [0.29, 0.717) is 44.2 Å². The SMILES string of the molecule is CB(O)N(B(C)O)c1c(C(=O)c2cc3cc(OC4CCN(C5CCC5)CC4)c(Br)cc3n2B(C)O)cnn1-c1ccc(Oc2ccccc2F)c(C)c1. The Bertz CT molecular complexity index is 2130. The van der Waals surface area contributed by atoms with E-state index in [4.69, 9.17) is 9.47 Å². The summed E-state index contributed by atoms with van der Waals surface area (Å²) >= 11 is 3.68. The summed E-state index contributed by atoms with van der Waals surface area (Å²) in [7, 11) is -3.52. The molecule has 11 nitrogen and oxygen atoms in total. The molecule has 1 aliphatic carbocycles. The summed E-state index contributed by atoms with van der Waals surface area (Å²) in [5, 5.41) is 38.1. The molecule has 53 heavy (non-hydrogen) atoms. The molecule has 0 spiro atoms. The number of halogens is 2. The van der Waals surface area contributed by atoms with Gasteiger partial charge in [-0.25, -0.2) is 9.07 Å². The van der Waals surface area contributed by atoms with E-state index in [-0.39, 0.29) is 28.9 Å². The number of likely N-dealkylation sites (tertiary alicyclic amines) is 1. The highest BCUT2D eigenvalue weighted by molar-refractivity contribution is 9.10. The van der Waals surface area contributed by atoms with Crippen LogP contribution >= 0.6 is 15.9 Å². The van der Waals surface area contributed by atoms with Crippen LogP contribution in [-0.4, -0.2) is 86.4 Å². The highest BCUT2D eigenvalue weighted by Crippen LogP contribution is 2.37. The van der Waals surface area contributed by atoms with E-state index in [1.165, 1.54) is 60.6 Å². The normalized spacial score (nSPS) is 15.3. The van der Waals surface area contributed by atoms with Crippen molar-refractivity contribution in [3.05, 3.63) is 94.0 Å². The monoisotopic (exact) mass is 783 g/mol. The van der Waals surface area contributed by atoms with Gasteiger partial charge in [0.25, 0.3) is 0 Å². The highest BCUT2D eigenvalue weighted by atomic mass is 79.9. The van der Waals surface area contributed by atoms with Gasteiger partial charge in [0, 0.05) is 30.0 Å². The van der Waals surface area contributed by atoms with E-state index < -0.39 is 32.8 Å². The maximum Gasteiger partial charge on any atom is 0.414 e. The van der Waals surface area contributed by atoms with Gasteiger partial charge in [-0.2, -0.15) is 5.10 Å². The number of fused-ring (bicyclic) bond motifs is 1. The number of hydrogen-bond donors (Lipinski definition) is 3. The third kappa shape index (κ3) is 7.39. The molecule has 3 N–H and O–H groups in total. The number of anilines is 1. The van der Waals surface area contributed by atoms with Gasteiger partial charge in [0.2, 0.25) is 5.78 Å². The van der Waals surface area contributed by atoms with Crippen LogP contribution in [0.2, 0.25) is 20.5 Å². The minimum absolute atomic E-state index is 0.0733. The Labute approximate surface area is 317 Å². The first-order chi connectivity index (χ1) is 25.4. The van der Waals surface area contributed by atoms with E-state index in [2.05, 4.69) is 25.9 Å². The number of rotatable bonds is 12. The molecule has 7 rings (SSSR count). The van der Waals surface area contributed by atoms with Crippen LogP contribution in [-0.2, 0) is 0 Å². The third-order valence-corrected chi connectivity index (χ3v) is 11.0. The minimum Gasteiger partial charge on any atom is -0.489 e. The highest BCUT2D eigenvalue weighted by Gasteiger charge is 2.35. The van der Waals surface area contributed by atoms with Crippen LogP contribution < -0.4 is 14.2 Å². The van der Waals surface area contributed by atoms with Gasteiger partial charge >= 0.3 is 21.2 Å². The molecular formula is C37H42B3BrFN5O6. The second kappa shape index (κ2) is 15.3. The van der Waals surface area contributed by atoms with E-state index in [0.717, 1.165) is 25.9 Å². The number of aromatic nitrogens is 3. The number of piperidine rings is 1. The average Bonchev–Trinajstić information content (AvgIpc) is 3.68. The summed E-state index contributed by atoms with van der Waals surface area (Å²) in [6, 6.07) is 17.4. The fourth-order valence-corrected chi connectivity index (χ4v) is 7.88. The molecule has 16 heteroatoms. The predicted molar refractivity (Wildman–Crippen MR) is 210 cm³/mol. The van der Waals surface area contributed by atoms with Crippen molar-refractivity contribution in [1.29, 1.82) is 0 Å². The Morgan fingerprint density at radius 2 is 1.66 bits per heavy atom. The summed E-state index contributed by atoms with van der Waals surface area (Å²) in [4.78, 5) is 17.2. The molecule has 0 amide bonds. The van der Waals surface area contributed by atoms with Crippen molar-refractivity contribution in [1.82, 2.24) is 19.2 Å². The minimum atomic E-state index is -1.22. The van der Waals surface area contributed by atoms with Crippen molar-refractivity contribution in [2.75, 3.05) is 17.8 Å². The molecule has 0 atom stereocenters. The maximum absolute atomic E-state index is 14.6. The number of nitrogens with zero attached hydrogens (tertiary/aromatic N) is 5. The van der Waals surface area contributed by atoms with E-state index in [1.54, 1.807) is 54.6 Å². The number of carbonyl (C=O) groups is 1. The molecule has 0 unspecified atom stereocenters. The molecule has 1 saturated heterocycles. The van der Waals surface area contributed by atoms with E-state index >= 15 is 0 Å². The molecule has 2 fully saturated rings. The topological polar surface area (TPSA) is 125 Å². The van der Waals surface area contributed by atoms with Crippen molar-refractivity contribution in [2.45, 2.75) is 71.6 Å². The Morgan fingerprint density at radius 3 is 2.28 bits per heavy atom. The number of ketones is 1. The first kappa shape index (κ1) is 37.2. The second-order valence-electron chi connectivity index (χ2n) is 14.1. The first-order valence-corrected chi connectivity index (χ1v) is 18.9. The zero-order chi connectivity index (χ0) is 37.6. The molecule has 2 aromatic heterocycles. The Hall–Kier alpha value is -4.08. The first-order valence-electron chi connectivity index (χ1n) is 18.1. The van der Waals surface area contributed by atoms with Gasteiger partial charge < -0.3 is 38.6 Å². The van der Waals surface area contributed by atoms with Gasteiger partial charge in [-0.05, 0) is 123 Å². The van der Waals surface area contributed by atoms with Crippen LogP contribution in [0.15, 0.2) is 71.3 Å². The standard InChI is InChI=1S/C37H42B3BrFN5O6/c1-23-18-26(12-13-33(23)53-34-11-6-5-10-30(34)42)46-37(47(39(3)50)40(4)51)28(22-43-46)36(48)32-19-24-20-35(29(41)21-31(24)45(32)38(2)49)52-27-14-16-44(17-15-27)25-8-7-9-25/h5-6,10-13,18-22,25,27,49-51H,7-9,14-17H2,1-4H3. The molecule has 2 aliphatic rings. The second-order valence-corrected chi connectivity index (χ2v) is 14.9. The van der Waals surface area contributed by atoms with Gasteiger partial charge in [0.1, 0.15) is 23.4 Å². The number of aryl methyl sites for hydroxylation is 1. The van der Waals surface area contributed by atoms with Crippen LogP contribution in [0.3, 0.4) is 0 Å². The van der Waals surface area contributed by atoms with Gasteiger partial charge in [-0.15, -0.1) is 0 Å². The van der Waals surface area contributed by atoms with Crippen LogP contribution in [0.1, 0.15) is 53.7 Å². The lowest BCUT2D eigenvalue weighted by atomic mass is 9.69. The lowest BCUT2D eigenvalue weighted by molar-refractivity contribution is 0.0491. The van der Waals surface area contributed by atoms with Crippen molar-refractivity contribution in [3.8, 4) is 22.9 Å². The molecule has 1 aliphatic heterocycles. The Balaban J connectivity index is 1.24. The summed E-state index contributed by atoms with van der Waals surface area (Å²) in [6.07, 6.45) is 7.23. The summed E-state index contributed by atoms with van der Waals surface area (Å²) in [5.74, 6) is 0.331. The quantitative estimate of drug-likeness (QED) is 0.0969. The van der Waals surface area contributed by atoms with Gasteiger partial charge in [0.15, 0.2) is 11.6 Å². The lowest BCUT2D eigenvalue weighted by Gasteiger charge is -2.41.